The van der Waals surface area contributed by atoms with Gasteiger partial charge in [0.25, 0.3) is 0 Å². The van der Waals surface area contributed by atoms with E-state index in [-0.39, 0.29) is 0 Å². The maximum absolute atomic E-state index is 6.53. The molecule has 0 spiro atoms. The Morgan fingerprint density at radius 2 is 1.59 bits per heavy atom. The molecule has 17 heavy (non-hydrogen) atoms. The van der Waals surface area contributed by atoms with Crippen LogP contribution in [-0.4, -0.2) is 11.0 Å². The lowest BCUT2D eigenvalue weighted by molar-refractivity contribution is 0.371. The zero-order chi connectivity index (χ0) is 12.3. The van der Waals surface area contributed by atoms with Crippen molar-refractivity contribution in [3.8, 4) is 0 Å². The van der Waals surface area contributed by atoms with E-state index < -0.39 is 5.00 Å². The Kier molecular flexibility index (Phi) is 4.46. The highest BCUT2D eigenvalue weighted by molar-refractivity contribution is 6.23. The summed E-state index contributed by atoms with van der Waals surface area (Å²) in [7, 11) is 0. The first-order valence-corrected chi connectivity index (χ1v) is 7.58. The Hall–Kier alpha value is -0.110. The van der Waals surface area contributed by atoms with Crippen molar-refractivity contribution in [2.45, 2.75) is 76.3 Å². The van der Waals surface area contributed by atoms with Gasteiger partial charge in [-0.15, -0.1) is 0 Å². The highest BCUT2D eigenvalue weighted by Crippen LogP contribution is 2.40. The van der Waals surface area contributed by atoms with Crippen LogP contribution in [0.25, 0.3) is 0 Å². The van der Waals surface area contributed by atoms with E-state index in [1.165, 1.54) is 51.4 Å². The summed E-state index contributed by atoms with van der Waals surface area (Å²) in [5.74, 6) is 1.28. The van der Waals surface area contributed by atoms with Crippen LogP contribution in [-0.2, 0) is 0 Å². The van der Waals surface area contributed by atoms with Crippen LogP contribution in [0.1, 0.15) is 65.2 Å². The smallest absolute Gasteiger partial charge is 0.154 e. The second-order valence-electron chi connectivity index (χ2n) is 6.01. The summed E-state index contributed by atoms with van der Waals surface area (Å²) < 4.78 is 0. The normalized spacial score (nSPS) is 28.9. The molecule has 0 aromatic rings. The Morgan fingerprint density at radius 1 is 1.06 bits per heavy atom. The van der Waals surface area contributed by atoms with Crippen LogP contribution in [0.5, 0.6) is 0 Å². The molecule has 2 unspecified atom stereocenters. The molecule has 2 aliphatic carbocycles. The van der Waals surface area contributed by atoms with E-state index in [1.807, 2.05) is 6.92 Å². The molecular formula is C14H25ClN2. The molecule has 0 bridgehead atoms. The van der Waals surface area contributed by atoms with Crippen LogP contribution in [0.3, 0.4) is 0 Å². The van der Waals surface area contributed by atoms with Gasteiger partial charge in [-0.05, 0) is 51.4 Å². The van der Waals surface area contributed by atoms with Gasteiger partial charge >= 0.3 is 0 Å². The molecule has 0 saturated heterocycles. The molecule has 0 aromatic carbocycles. The summed E-state index contributed by atoms with van der Waals surface area (Å²) in [6, 6.07) is 0.358. The van der Waals surface area contributed by atoms with E-state index in [2.05, 4.69) is 17.2 Å². The van der Waals surface area contributed by atoms with Crippen molar-refractivity contribution in [3.63, 3.8) is 0 Å². The average molecular weight is 257 g/mol. The van der Waals surface area contributed by atoms with Crippen LogP contribution >= 0.6 is 11.6 Å². The number of halogens is 1. The maximum Gasteiger partial charge on any atom is 0.154 e. The minimum atomic E-state index is -0.455. The maximum atomic E-state index is 6.53. The second-order valence-corrected chi connectivity index (χ2v) is 6.77. The first-order valence-electron chi connectivity index (χ1n) is 7.20. The second kappa shape index (κ2) is 5.69. The lowest BCUT2D eigenvalue weighted by Crippen LogP contribution is -2.24. The molecule has 0 amide bonds. The van der Waals surface area contributed by atoms with E-state index in [0.717, 1.165) is 5.92 Å². The predicted octanol–water partition coefficient (Wildman–Crippen LogP) is 5.16. The van der Waals surface area contributed by atoms with Crippen LogP contribution in [0, 0.1) is 11.8 Å². The molecule has 0 aliphatic heterocycles. The molecule has 0 aromatic heterocycles. The molecule has 2 fully saturated rings. The summed E-state index contributed by atoms with van der Waals surface area (Å²) in [5.41, 5.74) is 0. The van der Waals surface area contributed by atoms with E-state index >= 15 is 0 Å². The lowest BCUT2D eigenvalue weighted by atomic mass is 9.99. The van der Waals surface area contributed by atoms with E-state index in [0.29, 0.717) is 12.0 Å². The molecule has 2 saturated carbocycles. The minimum Gasteiger partial charge on any atom is -0.189 e. The van der Waals surface area contributed by atoms with Crippen LogP contribution in [0.4, 0.5) is 0 Å². The summed E-state index contributed by atoms with van der Waals surface area (Å²) >= 11 is 6.53. The topological polar surface area (TPSA) is 24.7 Å². The first kappa shape index (κ1) is 13.3. The molecule has 2 rings (SSSR count). The van der Waals surface area contributed by atoms with Crippen molar-refractivity contribution < 1.29 is 0 Å². The zero-order valence-corrected chi connectivity index (χ0v) is 11.9. The first-order chi connectivity index (χ1) is 8.09. The number of alkyl halides is 1. The summed E-state index contributed by atoms with van der Waals surface area (Å²) in [5, 5.41) is 8.99. The van der Waals surface area contributed by atoms with Gasteiger partial charge in [-0.25, -0.2) is 0 Å². The highest BCUT2D eigenvalue weighted by atomic mass is 35.5. The van der Waals surface area contributed by atoms with Gasteiger partial charge in [0.15, 0.2) is 5.00 Å². The Bertz CT molecular complexity index is 263. The highest BCUT2D eigenvalue weighted by Gasteiger charge is 2.34. The van der Waals surface area contributed by atoms with E-state index in [4.69, 9.17) is 11.6 Å². The molecule has 0 heterocycles. The molecular weight excluding hydrogens is 232 g/mol. The lowest BCUT2D eigenvalue weighted by Gasteiger charge is -2.24. The fourth-order valence-electron chi connectivity index (χ4n) is 3.27. The fraction of sp³-hybridized carbons (Fsp3) is 1.00. The van der Waals surface area contributed by atoms with Gasteiger partial charge in [0, 0.05) is 0 Å². The van der Waals surface area contributed by atoms with Gasteiger partial charge in [0.1, 0.15) is 0 Å². The Labute approximate surface area is 110 Å². The molecule has 2 atom stereocenters. The van der Waals surface area contributed by atoms with Gasteiger partial charge in [-0.2, -0.15) is 10.2 Å². The quantitative estimate of drug-likeness (QED) is 0.377. The standard InChI is InChI=1S/C14H25ClN2/c1-11(12-7-3-4-8-12)16-17-14(2,15)13-9-5-6-10-13/h11-13H,3-10H2,1-2H3/b17-16+. The summed E-state index contributed by atoms with van der Waals surface area (Å²) in [6.45, 7) is 4.23. The molecule has 0 radical (unpaired) electrons. The molecule has 98 valence electrons. The number of nitrogens with zero attached hydrogens (tertiary/aromatic N) is 2. The number of hydrogen-bond acceptors (Lipinski definition) is 2. The van der Waals surface area contributed by atoms with Gasteiger partial charge in [-0.3, -0.25) is 0 Å². The third-order valence-corrected chi connectivity index (χ3v) is 5.00. The largest absolute Gasteiger partial charge is 0.189 e. The van der Waals surface area contributed by atoms with Gasteiger partial charge in [0.2, 0.25) is 0 Å². The zero-order valence-electron chi connectivity index (χ0n) is 11.2. The van der Waals surface area contributed by atoms with Crippen LogP contribution in [0.2, 0.25) is 0 Å². The van der Waals surface area contributed by atoms with Gasteiger partial charge < -0.3 is 0 Å². The fourth-order valence-corrected chi connectivity index (χ4v) is 3.53. The predicted molar refractivity (Wildman–Crippen MR) is 72.5 cm³/mol. The van der Waals surface area contributed by atoms with Crippen molar-refractivity contribution in [3.05, 3.63) is 0 Å². The number of hydrogen-bond donors (Lipinski definition) is 0. The van der Waals surface area contributed by atoms with Crippen LogP contribution < -0.4 is 0 Å². The number of azo groups is 1. The Balaban J connectivity index is 1.88. The SMILES string of the molecule is CC(/N=N/C(C)(Cl)C1CCCC1)C1CCCC1. The monoisotopic (exact) mass is 256 g/mol. The van der Waals surface area contributed by atoms with Crippen molar-refractivity contribution >= 4 is 11.6 Å². The van der Waals surface area contributed by atoms with Crippen molar-refractivity contribution in [2.75, 3.05) is 0 Å². The minimum absolute atomic E-state index is 0.358. The summed E-state index contributed by atoms with van der Waals surface area (Å²) in [6.07, 6.45) is 10.4. The van der Waals surface area contributed by atoms with Gasteiger partial charge in [-0.1, -0.05) is 37.3 Å². The molecule has 3 heteroatoms. The average Bonchev–Trinajstić information content (AvgIpc) is 2.97. The van der Waals surface area contributed by atoms with E-state index in [1.54, 1.807) is 0 Å². The third kappa shape index (κ3) is 3.43. The van der Waals surface area contributed by atoms with Crippen molar-refractivity contribution in [2.24, 2.45) is 22.1 Å². The van der Waals surface area contributed by atoms with Crippen molar-refractivity contribution in [1.82, 2.24) is 0 Å². The van der Waals surface area contributed by atoms with E-state index in [9.17, 15) is 0 Å². The third-order valence-electron chi connectivity index (χ3n) is 4.62. The number of rotatable bonds is 4. The Morgan fingerprint density at radius 3 is 2.18 bits per heavy atom. The summed E-state index contributed by atoms with van der Waals surface area (Å²) in [4.78, 5) is -0.455. The molecule has 2 nitrogen and oxygen atoms in total. The van der Waals surface area contributed by atoms with Crippen molar-refractivity contribution in [1.29, 1.82) is 0 Å². The van der Waals surface area contributed by atoms with Crippen LogP contribution in [0.15, 0.2) is 10.2 Å². The molecule has 2 aliphatic rings. The molecule has 0 N–H and O–H groups in total. The van der Waals surface area contributed by atoms with Gasteiger partial charge in [0.05, 0.1) is 6.04 Å².